The molecule has 0 aliphatic carbocycles. The molecule has 0 fully saturated rings. The van der Waals surface area contributed by atoms with Crippen molar-refractivity contribution in [3.63, 3.8) is 0 Å². The molecule has 0 amide bonds. The van der Waals surface area contributed by atoms with Gasteiger partial charge in [0.05, 0.1) is 0 Å². The van der Waals surface area contributed by atoms with Crippen molar-refractivity contribution in [2.75, 3.05) is 0 Å². The van der Waals surface area contributed by atoms with E-state index in [0.29, 0.717) is 0 Å². The van der Waals surface area contributed by atoms with Gasteiger partial charge in [-0.05, 0) is 0 Å². The van der Waals surface area contributed by atoms with Gasteiger partial charge in [0.25, 0.3) is 0 Å². The van der Waals surface area contributed by atoms with Crippen molar-refractivity contribution in [2.24, 2.45) is 0 Å². The summed E-state index contributed by atoms with van der Waals surface area (Å²) in [6, 6.07) is 0. The quantitative estimate of drug-likeness (QED) is 0.107. The molecule has 1 unspecified atom stereocenters. The molecule has 0 aliphatic heterocycles. The van der Waals surface area contributed by atoms with E-state index in [9.17, 15) is 215 Å². The van der Waals surface area contributed by atoms with Gasteiger partial charge in [0.2, 0.25) is 0 Å². The fourth-order valence-electron chi connectivity index (χ4n) is 4.53. The van der Waals surface area contributed by atoms with Crippen molar-refractivity contribution in [3.05, 3.63) is 0 Å². The Morgan fingerprint density at radius 2 is 0.162 bits per heavy atom. The zero-order valence-electron chi connectivity index (χ0n) is 30.9. The third-order valence-electron chi connectivity index (χ3n) is 9.07. The molecule has 0 spiro atoms. The second-order valence-corrected chi connectivity index (χ2v) is 13.6. The van der Waals surface area contributed by atoms with Crippen molar-refractivity contribution >= 4 is 0 Å². The fraction of sp³-hybridized carbons (Fsp3) is 1.00. The number of rotatable bonds is 20. The molecule has 1 atom stereocenters. The number of alkyl halides is 50. The minimum absolute atomic E-state index is 8.68. The van der Waals surface area contributed by atoms with Crippen LogP contribution in [0.1, 0.15) is 0 Å². The summed E-state index contributed by atoms with van der Waals surface area (Å²) in [5.41, 5.74) is -11.8. The van der Waals surface area contributed by atoms with Crippen molar-refractivity contribution in [2.45, 2.75) is 143 Å². The third kappa shape index (κ3) is 7.54. The first-order valence-corrected chi connectivity index (χ1v) is 15.2. The van der Waals surface area contributed by atoms with Crippen LogP contribution >= 0.6 is 0 Å². The highest BCUT2D eigenvalue weighted by Crippen LogP contribution is 2.74. The first-order valence-electron chi connectivity index (χ1n) is 15.2. The van der Waals surface area contributed by atoms with Gasteiger partial charge in [0.1, 0.15) is 0 Å². The molecular formula is C24F50. The van der Waals surface area contributed by atoms with Gasteiger partial charge in [-0.3, -0.25) is 0 Å². The van der Waals surface area contributed by atoms with Crippen LogP contribution in [0.15, 0.2) is 0 Å². The van der Waals surface area contributed by atoms with E-state index in [2.05, 4.69) is 0 Å². The van der Waals surface area contributed by atoms with Crippen molar-refractivity contribution < 1.29 is 220 Å². The standard InChI is InChI=1S/C24F50/c25-1(4(30,31)22(66,67)68,3(28,29)6(34,35)8(38,39)10(42,43)16(54,55)18(58,59)20(62,63)23(69,70)71)2(26,27)5(32,33)7(36,37)9(40,41)11(44,45)12(46,47)13(48,49)14(50,51)15(52,53)17(56,57)19(60,61)21(64,65)24(72,73)74. The third-order valence-corrected chi connectivity index (χ3v) is 9.07. The highest BCUT2D eigenvalue weighted by Gasteiger charge is 3.07. The Balaban J connectivity index is 8.86. The maximum Gasteiger partial charge on any atom is 0.460 e. The molecule has 0 radical (unpaired) electrons. The molecule has 0 saturated carbocycles. The van der Waals surface area contributed by atoms with Gasteiger partial charge in [-0.15, -0.1) is 0 Å². The van der Waals surface area contributed by atoms with Gasteiger partial charge in [0, 0.05) is 0 Å². The minimum atomic E-state index is -11.8. The second-order valence-electron chi connectivity index (χ2n) is 13.6. The normalized spacial score (nSPS) is 18.2. The minimum Gasteiger partial charge on any atom is -0.223 e. The van der Waals surface area contributed by atoms with E-state index in [1.807, 2.05) is 0 Å². The molecule has 0 aromatic rings. The molecule has 0 aromatic carbocycles. The lowest BCUT2D eigenvalue weighted by atomic mass is 9.73. The maximum absolute atomic E-state index is 15.1. The van der Waals surface area contributed by atoms with Gasteiger partial charge in [-0.1, -0.05) is 0 Å². The van der Waals surface area contributed by atoms with E-state index in [4.69, 9.17) is 0 Å². The van der Waals surface area contributed by atoms with Gasteiger partial charge in [-0.25, -0.2) is 4.39 Å². The Bertz CT molecular complexity index is 2020. The van der Waals surface area contributed by atoms with Crippen LogP contribution in [0.5, 0.6) is 0 Å². The fourth-order valence-corrected chi connectivity index (χ4v) is 4.53. The van der Waals surface area contributed by atoms with Crippen LogP contribution in [0, 0.1) is 0 Å². The zero-order valence-corrected chi connectivity index (χ0v) is 30.9. The summed E-state index contributed by atoms with van der Waals surface area (Å²) in [4.78, 5) is 0. The maximum atomic E-state index is 15.1. The summed E-state index contributed by atoms with van der Waals surface area (Å²) in [5.74, 6) is -213. The average molecular weight is 1240 g/mol. The van der Waals surface area contributed by atoms with Crippen LogP contribution in [0.4, 0.5) is 220 Å². The monoisotopic (exact) mass is 1240 g/mol. The van der Waals surface area contributed by atoms with E-state index >= 15 is 4.39 Å². The lowest BCUT2D eigenvalue weighted by molar-refractivity contribution is -0.506. The molecule has 0 aromatic heterocycles. The molecule has 0 heterocycles. The Morgan fingerprint density at radius 3 is 0.257 bits per heavy atom. The Morgan fingerprint density at radius 1 is 0.0811 bits per heavy atom. The summed E-state index contributed by atoms with van der Waals surface area (Å²) < 4.78 is 682. The zero-order chi connectivity index (χ0) is 62.0. The predicted molar refractivity (Wildman–Crippen MR) is 121 cm³/mol. The largest absolute Gasteiger partial charge is 0.460 e. The van der Waals surface area contributed by atoms with Crippen LogP contribution in [-0.2, 0) is 0 Å². The predicted octanol–water partition coefficient (Wildman–Crippen LogP) is 16.1. The summed E-state index contributed by atoms with van der Waals surface area (Å²) in [6.45, 7) is 0. The molecule has 0 bridgehead atoms. The topological polar surface area (TPSA) is 0 Å². The summed E-state index contributed by atoms with van der Waals surface area (Å²) in [6.07, 6.45) is -27.4. The van der Waals surface area contributed by atoms with Crippen molar-refractivity contribution in [1.29, 1.82) is 0 Å². The lowest BCUT2D eigenvalue weighted by Crippen LogP contribution is -2.85. The number of halogens is 50. The molecular weight excluding hydrogens is 1240 g/mol. The molecule has 0 aliphatic rings. The first kappa shape index (κ1) is 70.5. The summed E-state index contributed by atoms with van der Waals surface area (Å²) in [5, 5.41) is 0. The average Bonchev–Trinajstić information content (AvgIpc) is 3.14. The summed E-state index contributed by atoms with van der Waals surface area (Å²) >= 11 is 0. The Hall–Kier alpha value is -3.50. The van der Waals surface area contributed by atoms with Crippen LogP contribution in [-0.4, -0.2) is 143 Å². The molecule has 446 valence electrons. The smallest absolute Gasteiger partial charge is 0.223 e. The van der Waals surface area contributed by atoms with Gasteiger partial charge >= 0.3 is 143 Å². The van der Waals surface area contributed by atoms with E-state index in [1.54, 1.807) is 0 Å². The number of hydrogen-bond donors (Lipinski definition) is 0. The van der Waals surface area contributed by atoms with Crippen LogP contribution in [0.2, 0.25) is 0 Å². The lowest BCUT2D eigenvalue weighted by Gasteiger charge is -2.51. The number of hydrogen-bond acceptors (Lipinski definition) is 0. The van der Waals surface area contributed by atoms with E-state index in [0.717, 1.165) is 0 Å². The van der Waals surface area contributed by atoms with E-state index in [1.165, 1.54) is 0 Å². The highest BCUT2D eigenvalue weighted by atomic mass is 19.5. The Kier molecular flexibility index (Phi) is 15.7. The molecule has 74 heavy (non-hydrogen) atoms. The molecule has 0 N–H and O–H groups in total. The van der Waals surface area contributed by atoms with Crippen LogP contribution in [0.3, 0.4) is 0 Å². The van der Waals surface area contributed by atoms with E-state index in [-0.39, 0.29) is 0 Å². The van der Waals surface area contributed by atoms with Gasteiger partial charge in [0.15, 0.2) is 0 Å². The van der Waals surface area contributed by atoms with Crippen molar-refractivity contribution in [3.8, 4) is 0 Å². The molecule has 0 nitrogen and oxygen atoms in total. The Labute approximate surface area is 363 Å². The van der Waals surface area contributed by atoms with Crippen molar-refractivity contribution in [1.82, 2.24) is 0 Å². The molecule has 50 heteroatoms. The first-order chi connectivity index (χ1) is 30.8. The van der Waals surface area contributed by atoms with E-state index < -0.39 is 143 Å². The van der Waals surface area contributed by atoms with Crippen LogP contribution < -0.4 is 0 Å². The second kappa shape index (κ2) is 16.5. The highest BCUT2D eigenvalue weighted by molar-refractivity contribution is 5.29. The summed E-state index contributed by atoms with van der Waals surface area (Å²) in [7, 11) is 0. The van der Waals surface area contributed by atoms with Gasteiger partial charge < -0.3 is 0 Å². The van der Waals surface area contributed by atoms with Gasteiger partial charge in [-0.2, -0.15) is 215 Å². The SMILES string of the molecule is FC(F)(F)C(F)(F)C(F)(F)C(F)(F)C(F)(F)C(F)(F)C(F)(F)C(F)(F)C(F)(F)C(F)(F)C(F)(F)C(F)(F)C(F)(F)C(F)(C(F)(F)C(F)(F)F)C(F)(F)C(F)(F)C(F)(F)C(F)(F)C(F)(F)C(F)(F)C(F)(F)C(F)(F)F. The van der Waals surface area contributed by atoms with Crippen LogP contribution in [0.25, 0.3) is 0 Å². The molecule has 0 rings (SSSR count). The molecule has 0 saturated heterocycles.